The second-order valence-corrected chi connectivity index (χ2v) is 3.10. The molecule has 1 aliphatic rings. The summed E-state index contributed by atoms with van der Waals surface area (Å²) in [5.74, 6) is 1.05. The van der Waals surface area contributed by atoms with Crippen LogP contribution >= 0.6 is 11.6 Å². The van der Waals surface area contributed by atoms with E-state index in [1.54, 1.807) is 0 Å². The highest BCUT2D eigenvalue weighted by Crippen LogP contribution is 2.44. The standard InChI is InChI=1S/C7H8ClN3/c8-6-5(4-1-2-4)7(9)11-3-10-6/h3-4H,1-2H2,(H2,9,10,11). The first-order valence-corrected chi connectivity index (χ1v) is 3.92. The minimum Gasteiger partial charge on any atom is -0.383 e. The molecule has 0 aromatic carbocycles. The highest BCUT2D eigenvalue weighted by Gasteiger charge is 2.28. The number of rotatable bonds is 1. The number of hydrogen-bond acceptors (Lipinski definition) is 3. The summed E-state index contributed by atoms with van der Waals surface area (Å²) in [6.07, 6.45) is 3.72. The summed E-state index contributed by atoms with van der Waals surface area (Å²) in [6, 6.07) is 0. The van der Waals surface area contributed by atoms with Crippen LogP contribution in [0.5, 0.6) is 0 Å². The SMILES string of the molecule is Nc1ncnc(Cl)c1C1CC1. The normalized spacial score (nSPS) is 16.8. The van der Waals surface area contributed by atoms with Crippen LogP contribution in [0.15, 0.2) is 6.33 Å². The molecule has 1 aromatic heterocycles. The molecule has 0 unspecified atom stereocenters. The summed E-state index contributed by atoms with van der Waals surface area (Å²) in [6.45, 7) is 0. The molecular weight excluding hydrogens is 162 g/mol. The Morgan fingerprint density at radius 1 is 1.45 bits per heavy atom. The van der Waals surface area contributed by atoms with Gasteiger partial charge in [0.05, 0.1) is 0 Å². The molecule has 1 aromatic rings. The third-order valence-electron chi connectivity index (χ3n) is 1.85. The number of hydrogen-bond donors (Lipinski definition) is 1. The van der Waals surface area contributed by atoms with Crippen LogP contribution in [-0.2, 0) is 0 Å². The Kier molecular flexibility index (Phi) is 1.46. The van der Waals surface area contributed by atoms with E-state index in [4.69, 9.17) is 17.3 Å². The molecule has 0 aliphatic heterocycles. The van der Waals surface area contributed by atoms with E-state index in [1.165, 1.54) is 6.33 Å². The van der Waals surface area contributed by atoms with Crippen molar-refractivity contribution < 1.29 is 0 Å². The number of anilines is 1. The smallest absolute Gasteiger partial charge is 0.138 e. The Labute approximate surface area is 69.6 Å². The average Bonchev–Trinajstić information content (AvgIpc) is 2.70. The first-order valence-electron chi connectivity index (χ1n) is 3.55. The van der Waals surface area contributed by atoms with E-state index in [9.17, 15) is 0 Å². The van der Waals surface area contributed by atoms with Gasteiger partial charge in [0.15, 0.2) is 0 Å². The summed E-state index contributed by atoms with van der Waals surface area (Å²) >= 11 is 5.83. The zero-order valence-electron chi connectivity index (χ0n) is 5.92. The Balaban J connectivity index is 2.48. The maximum absolute atomic E-state index is 5.83. The molecule has 0 spiro atoms. The molecule has 11 heavy (non-hydrogen) atoms. The first kappa shape index (κ1) is 6.85. The lowest BCUT2D eigenvalue weighted by atomic mass is 10.2. The molecule has 0 radical (unpaired) electrons. The molecule has 1 fully saturated rings. The number of halogens is 1. The molecule has 0 amide bonds. The van der Waals surface area contributed by atoms with Crippen molar-refractivity contribution in [2.24, 2.45) is 0 Å². The van der Waals surface area contributed by atoms with Gasteiger partial charge >= 0.3 is 0 Å². The highest BCUT2D eigenvalue weighted by atomic mass is 35.5. The number of nitrogens with zero attached hydrogens (tertiary/aromatic N) is 2. The molecular formula is C7H8ClN3. The van der Waals surface area contributed by atoms with Crippen LogP contribution in [0.3, 0.4) is 0 Å². The molecule has 1 heterocycles. The number of nitrogens with two attached hydrogens (primary N) is 1. The van der Waals surface area contributed by atoms with Crippen molar-refractivity contribution in [3.05, 3.63) is 17.0 Å². The molecule has 4 heteroatoms. The van der Waals surface area contributed by atoms with Crippen molar-refractivity contribution >= 4 is 17.4 Å². The molecule has 3 nitrogen and oxygen atoms in total. The van der Waals surface area contributed by atoms with Crippen molar-refractivity contribution in [3.8, 4) is 0 Å². The van der Waals surface area contributed by atoms with Crippen LogP contribution in [0.2, 0.25) is 5.15 Å². The predicted octanol–water partition coefficient (Wildman–Crippen LogP) is 1.59. The highest BCUT2D eigenvalue weighted by molar-refractivity contribution is 6.30. The Morgan fingerprint density at radius 2 is 2.18 bits per heavy atom. The summed E-state index contributed by atoms with van der Waals surface area (Å²) in [5, 5.41) is 0.514. The van der Waals surface area contributed by atoms with Crippen molar-refractivity contribution in [2.45, 2.75) is 18.8 Å². The van der Waals surface area contributed by atoms with Gasteiger partial charge in [-0.05, 0) is 18.8 Å². The van der Waals surface area contributed by atoms with Gasteiger partial charge in [-0.1, -0.05) is 11.6 Å². The fraction of sp³-hybridized carbons (Fsp3) is 0.429. The third kappa shape index (κ3) is 1.16. The quantitative estimate of drug-likeness (QED) is 0.650. The Morgan fingerprint density at radius 3 is 2.73 bits per heavy atom. The topological polar surface area (TPSA) is 51.8 Å². The third-order valence-corrected chi connectivity index (χ3v) is 2.15. The molecule has 2 N–H and O–H groups in total. The molecule has 58 valence electrons. The summed E-state index contributed by atoms with van der Waals surface area (Å²) in [5.41, 5.74) is 6.57. The van der Waals surface area contributed by atoms with Crippen LogP contribution in [-0.4, -0.2) is 9.97 Å². The molecule has 0 atom stereocenters. The van der Waals surface area contributed by atoms with Crippen LogP contribution in [0.25, 0.3) is 0 Å². The second kappa shape index (κ2) is 2.34. The number of nitrogen functional groups attached to an aromatic ring is 1. The lowest BCUT2D eigenvalue weighted by molar-refractivity contribution is 1.05. The van der Waals surface area contributed by atoms with Gasteiger partial charge in [-0.25, -0.2) is 9.97 Å². The van der Waals surface area contributed by atoms with Crippen molar-refractivity contribution in [2.75, 3.05) is 5.73 Å². The average molecular weight is 170 g/mol. The van der Waals surface area contributed by atoms with Gasteiger partial charge in [0.25, 0.3) is 0 Å². The Hall–Kier alpha value is -0.830. The summed E-state index contributed by atoms with van der Waals surface area (Å²) in [7, 11) is 0. The second-order valence-electron chi connectivity index (χ2n) is 2.74. The van der Waals surface area contributed by atoms with Crippen LogP contribution in [0, 0.1) is 0 Å². The first-order chi connectivity index (χ1) is 5.29. The summed E-state index contributed by atoms with van der Waals surface area (Å²) < 4.78 is 0. The molecule has 0 bridgehead atoms. The van der Waals surface area contributed by atoms with E-state index < -0.39 is 0 Å². The zero-order chi connectivity index (χ0) is 7.84. The largest absolute Gasteiger partial charge is 0.383 e. The van der Waals surface area contributed by atoms with Crippen molar-refractivity contribution in [1.82, 2.24) is 9.97 Å². The van der Waals surface area contributed by atoms with Gasteiger partial charge in [0, 0.05) is 5.56 Å². The lowest BCUT2D eigenvalue weighted by Gasteiger charge is -2.02. The molecule has 1 saturated carbocycles. The minimum absolute atomic E-state index is 0.514. The van der Waals surface area contributed by atoms with E-state index in [1.807, 2.05) is 0 Å². The maximum atomic E-state index is 5.83. The van der Waals surface area contributed by atoms with Crippen LogP contribution in [0.1, 0.15) is 24.3 Å². The van der Waals surface area contributed by atoms with E-state index in [0.29, 0.717) is 16.9 Å². The van der Waals surface area contributed by atoms with Crippen LogP contribution < -0.4 is 5.73 Å². The molecule has 1 aliphatic carbocycles. The summed E-state index contributed by atoms with van der Waals surface area (Å²) in [4.78, 5) is 7.76. The number of aromatic nitrogens is 2. The maximum Gasteiger partial charge on any atom is 0.138 e. The van der Waals surface area contributed by atoms with E-state index >= 15 is 0 Å². The monoisotopic (exact) mass is 169 g/mol. The molecule has 0 saturated heterocycles. The van der Waals surface area contributed by atoms with Gasteiger partial charge < -0.3 is 5.73 Å². The zero-order valence-corrected chi connectivity index (χ0v) is 6.67. The van der Waals surface area contributed by atoms with Crippen molar-refractivity contribution in [1.29, 1.82) is 0 Å². The minimum atomic E-state index is 0.514. The fourth-order valence-corrected chi connectivity index (χ4v) is 1.43. The van der Waals surface area contributed by atoms with Gasteiger partial charge in [-0.15, -0.1) is 0 Å². The van der Waals surface area contributed by atoms with Crippen LogP contribution in [0.4, 0.5) is 5.82 Å². The van der Waals surface area contributed by atoms with Gasteiger partial charge in [0.2, 0.25) is 0 Å². The molecule has 2 rings (SSSR count). The van der Waals surface area contributed by atoms with Crippen molar-refractivity contribution in [3.63, 3.8) is 0 Å². The van der Waals surface area contributed by atoms with E-state index in [-0.39, 0.29) is 0 Å². The van der Waals surface area contributed by atoms with E-state index in [0.717, 1.165) is 18.4 Å². The lowest BCUT2D eigenvalue weighted by Crippen LogP contribution is -1.98. The Bertz CT molecular complexity index is 263. The van der Waals surface area contributed by atoms with Gasteiger partial charge in [-0.2, -0.15) is 0 Å². The van der Waals surface area contributed by atoms with Gasteiger partial charge in [-0.3, -0.25) is 0 Å². The predicted molar refractivity (Wildman–Crippen MR) is 43.4 cm³/mol. The van der Waals surface area contributed by atoms with Gasteiger partial charge in [0.1, 0.15) is 17.3 Å². The fourth-order valence-electron chi connectivity index (χ4n) is 1.14. The van der Waals surface area contributed by atoms with E-state index in [2.05, 4.69) is 9.97 Å².